The molecule has 4 nitrogen and oxygen atoms in total. The third-order valence-corrected chi connectivity index (χ3v) is 6.01. The minimum absolute atomic E-state index is 0.00426. The van der Waals surface area contributed by atoms with Gasteiger partial charge in [-0.05, 0) is 46.3 Å². The van der Waals surface area contributed by atoms with Gasteiger partial charge in [0.05, 0.1) is 27.3 Å². The molecule has 21 heavy (non-hydrogen) atoms. The predicted octanol–water partition coefficient (Wildman–Crippen LogP) is 3.28. The van der Waals surface area contributed by atoms with Crippen LogP contribution in [-0.4, -0.2) is 24.9 Å². The normalized spacial score (nSPS) is 11.0. The highest BCUT2D eigenvalue weighted by Gasteiger charge is 2.15. The molecule has 2 aromatic rings. The van der Waals surface area contributed by atoms with Crippen molar-refractivity contribution in [2.45, 2.75) is 9.92 Å². The van der Waals surface area contributed by atoms with Crippen molar-refractivity contribution in [3.05, 3.63) is 52.6 Å². The third-order valence-electron chi connectivity index (χ3n) is 2.62. The van der Waals surface area contributed by atoms with Crippen molar-refractivity contribution in [1.82, 2.24) is 4.98 Å². The Morgan fingerprint density at radius 3 is 2.76 bits per heavy atom. The van der Waals surface area contributed by atoms with Crippen LogP contribution in [0, 0.1) is 11.3 Å². The van der Waals surface area contributed by atoms with E-state index in [0.717, 1.165) is 9.50 Å². The Morgan fingerprint density at radius 2 is 2.10 bits per heavy atom. The molecule has 0 amide bonds. The summed E-state index contributed by atoms with van der Waals surface area (Å²) in [7, 11) is -3.38. The smallest absolute Gasteiger partial charge is 0.179 e. The van der Waals surface area contributed by atoms with Gasteiger partial charge in [-0.2, -0.15) is 5.26 Å². The summed E-state index contributed by atoms with van der Waals surface area (Å²) >= 11 is 4.68. The van der Waals surface area contributed by atoms with Crippen molar-refractivity contribution in [2.24, 2.45) is 0 Å². The topological polar surface area (TPSA) is 70.8 Å². The van der Waals surface area contributed by atoms with E-state index in [2.05, 4.69) is 20.9 Å². The van der Waals surface area contributed by atoms with Gasteiger partial charge in [-0.3, -0.25) is 0 Å². The monoisotopic (exact) mass is 382 g/mol. The molecule has 0 bridgehead atoms. The zero-order valence-corrected chi connectivity index (χ0v) is 14.1. The third kappa shape index (κ3) is 4.56. The van der Waals surface area contributed by atoms with Gasteiger partial charge >= 0.3 is 0 Å². The number of hydrogen-bond acceptors (Lipinski definition) is 5. The first-order valence-electron chi connectivity index (χ1n) is 5.98. The van der Waals surface area contributed by atoms with Crippen LogP contribution in [0.2, 0.25) is 0 Å². The maximum Gasteiger partial charge on any atom is 0.179 e. The highest BCUT2D eigenvalue weighted by atomic mass is 79.9. The standard InChI is InChI=1S/C14H11BrN2O2S2/c15-12-4-5-14(17-10-12)20-6-7-21(18,19)13-3-1-2-11(8-13)9-16/h1-5,8,10H,6-7H2. The SMILES string of the molecule is N#Cc1cccc(S(=O)(=O)CCSc2ccc(Br)cn2)c1. The first-order valence-corrected chi connectivity index (χ1v) is 9.41. The van der Waals surface area contributed by atoms with Crippen molar-refractivity contribution in [3.8, 4) is 6.07 Å². The number of benzene rings is 1. The number of nitriles is 1. The molecule has 0 unspecified atom stereocenters. The molecule has 0 saturated heterocycles. The maximum absolute atomic E-state index is 12.2. The number of halogens is 1. The Balaban J connectivity index is 2.01. The summed E-state index contributed by atoms with van der Waals surface area (Å²) in [6.45, 7) is 0. The summed E-state index contributed by atoms with van der Waals surface area (Å²) in [5, 5.41) is 9.59. The molecule has 7 heteroatoms. The van der Waals surface area contributed by atoms with Crippen molar-refractivity contribution in [1.29, 1.82) is 5.26 Å². The van der Waals surface area contributed by atoms with Gasteiger partial charge in [0.15, 0.2) is 9.84 Å². The molecule has 0 saturated carbocycles. The zero-order valence-electron chi connectivity index (χ0n) is 10.9. The maximum atomic E-state index is 12.2. The Hall–Kier alpha value is -1.36. The molecule has 0 radical (unpaired) electrons. The van der Waals surface area contributed by atoms with E-state index in [9.17, 15) is 8.42 Å². The highest BCUT2D eigenvalue weighted by molar-refractivity contribution is 9.10. The molecule has 1 aromatic heterocycles. The van der Waals surface area contributed by atoms with E-state index in [0.29, 0.717) is 11.3 Å². The van der Waals surface area contributed by atoms with E-state index in [1.165, 1.54) is 23.9 Å². The number of nitrogens with zero attached hydrogens (tertiary/aromatic N) is 2. The summed E-state index contributed by atoms with van der Waals surface area (Å²) in [5.74, 6) is 0.415. The highest BCUT2D eigenvalue weighted by Crippen LogP contribution is 2.20. The van der Waals surface area contributed by atoms with Gasteiger partial charge < -0.3 is 0 Å². The van der Waals surface area contributed by atoms with Crippen molar-refractivity contribution >= 4 is 37.5 Å². The van der Waals surface area contributed by atoms with E-state index >= 15 is 0 Å². The molecule has 0 aliphatic carbocycles. The lowest BCUT2D eigenvalue weighted by molar-refractivity contribution is 0.597. The van der Waals surface area contributed by atoms with Crippen LogP contribution in [0.5, 0.6) is 0 Å². The minimum atomic E-state index is -3.38. The number of rotatable bonds is 5. The van der Waals surface area contributed by atoms with Crippen molar-refractivity contribution < 1.29 is 8.42 Å². The Bertz CT molecular complexity index is 768. The van der Waals surface area contributed by atoms with Gasteiger partial charge in [0, 0.05) is 16.4 Å². The second-order valence-corrected chi connectivity index (χ2v) is 8.26. The molecule has 0 fully saturated rings. The van der Waals surface area contributed by atoms with Crippen molar-refractivity contribution in [2.75, 3.05) is 11.5 Å². The molecule has 0 N–H and O–H groups in total. The van der Waals surface area contributed by atoms with E-state index in [4.69, 9.17) is 5.26 Å². The lowest BCUT2D eigenvalue weighted by Crippen LogP contribution is -2.09. The summed E-state index contributed by atoms with van der Waals surface area (Å²) in [6.07, 6.45) is 1.67. The number of pyridine rings is 1. The molecule has 0 spiro atoms. The van der Waals surface area contributed by atoms with E-state index in [1.54, 1.807) is 18.3 Å². The van der Waals surface area contributed by atoms with E-state index < -0.39 is 9.84 Å². The number of hydrogen-bond donors (Lipinski definition) is 0. The molecule has 0 atom stereocenters. The van der Waals surface area contributed by atoms with Crippen LogP contribution >= 0.6 is 27.7 Å². The lowest BCUT2D eigenvalue weighted by atomic mass is 10.2. The molecule has 2 rings (SSSR count). The average molecular weight is 383 g/mol. The van der Waals surface area contributed by atoms with Gasteiger partial charge in [-0.25, -0.2) is 13.4 Å². The number of sulfone groups is 1. The van der Waals surface area contributed by atoms with Crippen LogP contribution in [0.1, 0.15) is 5.56 Å². The summed E-state index contributed by atoms with van der Waals surface area (Å²) < 4.78 is 25.3. The van der Waals surface area contributed by atoms with E-state index in [1.807, 2.05) is 18.2 Å². The average Bonchev–Trinajstić information content (AvgIpc) is 2.49. The zero-order chi connectivity index (χ0) is 15.3. The molecular weight excluding hydrogens is 372 g/mol. The van der Waals surface area contributed by atoms with E-state index in [-0.39, 0.29) is 10.6 Å². The van der Waals surface area contributed by atoms with Gasteiger partial charge in [0.25, 0.3) is 0 Å². The lowest BCUT2D eigenvalue weighted by Gasteiger charge is -2.04. The fourth-order valence-corrected chi connectivity index (χ4v) is 4.35. The summed E-state index contributed by atoms with van der Waals surface area (Å²) in [6, 6.07) is 11.7. The second kappa shape index (κ2) is 7.07. The largest absolute Gasteiger partial charge is 0.249 e. The Labute approximate surface area is 136 Å². The molecule has 1 aromatic carbocycles. The van der Waals surface area contributed by atoms with Crippen LogP contribution in [0.4, 0.5) is 0 Å². The predicted molar refractivity (Wildman–Crippen MR) is 85.9 cm³/mol. The first-order chi connectivity index (χ1) is 10.0. The van der Waals surface area contributed by atoms with Gasteiger partial charge in [0.2, 0.25) is 0 Å². The van der Waals surface area contributed by atoms with Gasteiger partial charge in [-0.15, -0.1) is 11.8 Å². The van der Waals surface area contributed by atoms with Crippen LogP contribution in [0.3, 0.4) is 0 Å². The minimum Gasteiger partial charge on any atom is -0.249 e. The number of aromatic nitrogens is 1. The molecule has 1 heterocycles. The van der Waals surface area contributed by atoms with Gasteiger partial charge in [-0.1, -0.05) is 6.07 Å². The first kappa shape index (κ1) is 16.0. The number of thioether (sulfide) groups is 1. The van der Waals surface area contributed by atoms with Gasteiger partial charge in [0.1, 0.15) is 0 Å². The molecule has 108 valence electrons. The summed E-state index contributed by atoms with van der Waals surface area (Å²) in [4.78, 5) is 4.36. The van der Waals surface area contributed by atoms with Crippen LogP contribution in [0.25, 0.3) is 0 Å². The molecule has 0 aliphatic heterocycles. The van der Waals surface area contributed by atoms with Crippen molar-refractivity contribution in [3.63, 3.8) is 0 Å². The second-order valence-electron chi connectivity index (χ2n) is 4.12. The van der Waals surface area contributed by atoms with Crippen LogP contribution in [0.15, 0.2) is 57.0 Å². The fraction of sp³-hybridized carbons (Fsp3) is 0.143. The summed E-state index contributed by atoms with van der Waals surface area (Å²) in [5.41, 5.74) is 0.346. The Kier molecular flexibility index (Phi) is 5.39. The molecular formula is C14H11BrN2O2S2. The van der Waals surface area contributed by atoms with Crippen LogP contribution in [-0.2, 0) is 9.84 Å². The fourth-order valence-electron chi connectivity index (χ4n) is 1.58. The molecule has 0 aliphatic rings. The van der Waals surface area contributed by atoms with Crippen LogP contribution < -0.4 is 0 Å². The quantitative estimate of drug-likeness (QED) is 0.741. The Morgan fingerprint density at radius 1 is 1.29 bits per heavy atom.